The van der Waals surface area contributed by atoms with Crippen LogP contribution in [0.25, 0.3) is 6.08 Å². The number of urea groups is 1. The zero-order chi connectivity index (χ0) is 33.4. The van der Waals surface area contributed by atoms with Gasteiger partial charge in [-0.25, -0.2) is 9.69 Å². The fraction of sp³-hybridized carbons (Fsp3) is 0.256. The first-order valence-electron chi connectivity index (χ1n) is 16.4. The standard InChI is InChI=1S/C39H36IN3O5/c1-3-47-34-21-24(20-33(40)36(34)48-4-2)19-32-37(44)41-39(46)43(38(32)45)27-22-30-28(25-11-7-5-8-12-25)15-17-42-18-16-29(31(23-27)35(30)42)26-13-9-6-10-14-26/h5-14,19-23,28-29H,3-4,15-18H2,1-2H3,(H,41,44,46)/b32-19+/t28-,29+. The maximum absolute atomic E-state index is 14.3. The molecule has 3 heterocycles. The highest BCUT2D eigenvalue weighted by atomic mass is 127. The van der Waals surface area contributed by atoms with Crippen LogP contribution in [-0.4, -0.2) is 44.1 Å². The normalized spacial score (nSPS) is 19.6. The van der Waals surface area contributed by atoms with Crippen molar-refractivity contribution in [3.8, 4) is 11.5 Å². The fourth-order valence-corrected chi connectivity index (χ4v) is 8.03. The first-order valence-corrected chi connectivity index (χ1v) is 17.5. The monoisotopic (exact) mass is 753 g/mol. The number of nitrogens with one attached hydrogen (secondary N) is 1. The largest absolute Gasteiger partial charge is 0.490 e. The summed E-state index contributed by atoms with van der Waals surface area (Å²) in [5.74, 6) is -0.101. The van der Waals surface area contributed by atoms with E-state index in [4.69, 9.17) is 9.47 Å². The van der Waals surface area contributed by atoms with Crippen molar-refractivity contribution in [2.75, 3.05) is 36.1 Å². The Morgan fingerprint density at radius 2 is 1.40 bits per heavy atom. The molecular weight excluding hydrogens is 717 g/mol. The number of benzene rings is 4. The maximum Gasteiger partial charge on any atom is 0.335 e. The number of ether oxygens (including phenoxy) is 2. The van der Waals surface area contributed by atoms with Crippen molar-refractivity contribution in [2.24, 2.45) is 0 Å². The molecule has 3 aliphatic rings. The number of anilines is 2. The highest BCUT2D eigenvalue weighted by molar-refractivity contribution is 14.1. The van der Waals surface area contributed by atoms with Gasteiger partial charge in [0.2, 0.25) is 0 Å². The van der Waals surface area contributed by atoms with Crippen molar-refractivity contribution in [3.63, 3.8) is 0 Å². The first-order chi connectivity index (χ1) is 23.4. The summed E-state index contributed by atoms with van der Waals surface area (Å²) in [7, 11) is 0. The lowest BCUT2D eigenvalue weighted by molar-refractivity contribution is -0.122. The van der Waals surface area contributed by atoms with Gasteiger partial charge in [0.25, 0.3) is 11.8 Å². The second-order valence-electron chi connectivity index (χ2n) is 12.1. The first kappa shape index (κ1) is 31.9. The van der Waals surface area contributed by atoms with Crippen LogP contribution >= 0.6 is 22.6 Å². The van der Waals surface area contributed by atoms with Crippen molar-refractivity contribution >= 4 is 57.9 Å². The summed E-state index contributed by atoms with van der Waals surface area (Å²) >= 11 is 2.16. The molecule has 2 atom stereocenters. The van der Waals surface area contributed by atoms with Gasteiger partial charge in [0, 0.05) is 30.6 Å². The van der Waals surface area contributed by atoms with Gasteiger partial charge in [-0.1, -0.05) is 60.7 Å². The second-order valence-corrected chi connectivity index (χ2v) is 13.3. The van der Waals surface area contributed by atoms with E-state index in [2.05, 4.69) is 57.1 Å². The zero-order valence-electron chi connectivity index (χ0n) is 26.9. The van der Waals surface area contributed by atoms with E-state index in [1.165, 1.54) is 22.9 Å². The lowest BCUT2D eigenvalue weighted by atomic mass is 9.76. The van der Waals surface area contributed by atoms with Crippen LogP contribution in [-0.2, 0) is 9.59 Å². The number of hydrogen-bond donors (Lipinski definition) is 1. The summed E-state index contributed by atoms with van der Waals surface area (Å²) in [5.41, 5.74) is 6.65. The van der Waals surface area contributed by atoms with Crippen molar-refractivity contribution < 1.29 is 23.9 Å². The van der Waals surface area contributed by atoms with Gasteiger partial charge >= 0.3 is 6.03 Å². The minimum absolute atomic E-state index is 0.0909. The number of carbonyl (C=O) groups is 3. The molecule has 4 amide bonds. The molecule has 9 heteroatoms. The molecule has 48 heavy (non-hydrogen) atoms. The van der Waals surface area contributed by atoms with Crippen LogP contribution in [0.1, 0.15) is 66.3 Å². The summed E-state index contributed by atoms with van der Waals surface area (Å²) < 4.78 is 12.4. The molecule has 0 aromatic heterocycles. The Morgan fingerprint density at radius 1 is 0.812 bits per heavy atom. The number of carbonyl (C=O) groups excluding carboxylic acids is 3. The fourth-order valence-electron chi connectivity index (χ4n) is 7.25. The SMILES string of the molecule is CCOc1cc(/C=C2\C(=O)NC(=O)N(c3cc4c5c(c3)[C@H](c3ccccc3)CCN5CC[C@@H]4c3ccccc3)C2=O)cc(I)c1OCC. The number of nitrogens with zero attached hydrogens (tertiary/aromatic N) is 2. The Morgan fingerprint density at radius 3 is 1.96 bits per heavy atom. The number of imide groups is 2. The summed E-state index contributed by atoms with van der Waals surface area (Å²) in [6.45, 7) is 6.51. The van der Waals surface area contributed by atoms with Crippen LogP contribution in [0.15, 0.2) is 90.5 Å². The zero-order valence-corrected chi connectivity index (χ0v) is 29.0. The van der Waals surface area contributed by atoms with Crippen LogP contribution in [0.2, 0.25) is 0 Å². The van der Waals surface area contributed by atoms with Crippen molar-refractivity contribution in [2.45, 2.75) is 38.5 Å². The Bertz CT molecular complexity index is 1850. The molecule has 0 unspecified atom stereocenters. The highest BCUT2D eigenvalue weighted by Gasteiger charge is 2.40. The molecule has 0 spiro atoms. The molecule has 4 aromatic rings. The molecule has 1 fully saturated rings. The van der Waals surface area contributed by atoms with E-state index in [1.54, 1.807) is 6.07 Å². The van der Waals surface area contributed by atoms with Crippen LogP contribution in [0.5, 0.6) is 11.5 Å². The van der Waals surface area contributed by atoms with Crippen LogP contribution in [0.4, 0.5) is 16.2 Å². The van der Waals surface area contributed by atoms with Gasteiger partial charge < -0.3 is 14.4 Å². The number of rotatable bonds is 8. The smallest absolute Gasteiger partial charge is 0.335 e. The topological polar surface area (TPSA) is 88.2 Å². The Balaban J connectivity index is 1.36. The third-order valence-electron chi connectivity index (χ3n) is 9.29. The second kappa shape index (κ2) is 13.5. The molecule has 4 aromatic carbocycles. The van der Waals surface area contributed by atoms with E-state index in [-0.39, 0.29) is 17.4 Å². The van der Waals surface area contributed by atoms with Gasteiger partial charge in [0.1, 0.15) is 5.57 Å². The molecule has 244 valence electrons. The van der Waals surface area contributed by atoms with Gasteiger partial charge in [0.15, 0.2) is 11.5 Å². The van der Waals surface area contributed by atoms with Gasteiger partial charge in [-0.15, -0.1) is 0 Å². The predicted octanol–water partition coefficient (Wildman–Crippen LogP) is 7.63. The molecular formula is C39H36IN3O5. The van der Waals surface area contributed by atoms with Crippen molar-refractivity contribution in [3.05, 3.63) is 122 Å². The summed E-state index contributed by atoms with van der Waals surface area (Å²) in [6, 6.07) is 27.6. The van der Waals surface area contributed by atoms with E-state index in [0.717, 1.165) is 45.5 Å². The van der Waals surface area contributed by atoms with Gasteiger partial charge in [-0.2, -0.15) is 0 Å². The third-order valence-corrected chi connectivity index (χ3v) is 10.1. The van der Waals surface area contributed by atoms with Crippen molar-refractivity contribution in [1.82, 2.24) is 5.32 Å². The van der Waals surface area contributed by atoms with Gasteiger partial charge in [0.05, 0.1) is 22.5 Å². The Hall–Kier alpha value is -4.64. The van der Waals surface area contributed by atoms with E-state index in [0.29, 0.717) is 36.0 Å². The van der Waals surface area contributed by atoms with E-state index in [1.807, 2.05) is 68.4 Å². The molecule has 7 rings (SSSR count). The van der Waals surface area contributed by atoms with Crippen LogP contribution < -0.4 is 24.6 Å². The number of amides is 4. The van der Waals surface area contributed by atoms with Crippen LogP contribution in [0.3, 0.4) is 0 Å². The molecule has 0 bridgehead atoms. The lowest BCUT2D eigenvalue weighted by Crippen LogP contribution is -2.54. The lowest BCUT2D eigenvalue weighted by Gasteiger charge is -2.44. The maximum atomic E-state index is 14.3. The van der Waals surface area contributed by atoms with Gasteiger partial charge in [-0.3, -0.25) is 14.9 Å². The number of barbiturate groups is 1. The van der Waals surface area contributed by atoms with E-state index < -0.39 is 17.8 Å². The molecule has 3 aliphatic heterocycles. The molecule has 1 saturated heterocycles. The molecule has 8 nitrogen and oxygen atoms in total. The van der Waals surface area contributed by atoms with E-state index in [9.17, 15) is 14.4 Å². The van der Waals surface area contributed by atoms with Gasteiger partial charge in [-0.05, 0) is 107 Å². The average molecular weight is 754 g/mol. The van der Waals surface area contributed by atoms with Crippen molar-refractivity contribution in [1.29, 1.82) is 0 Å². The minimum atomic E-state index is -0.762. The Labute approximate surface area is 293 Å². The van der Waals surface area contributed by atoms with Crippen LogP contribution in [0, 0.1) is 3.57 Å². The molecule has 0 aliphatic carbocycles. The third kappa shape index (κ3) is 5.85. The summed E-state index contributed by atoms with van der Waals surface area (Å²) in [5, 5.41) is 2.43. The molecule has 0 saturated carbocycles. The number of hydrogen-bond acceptors (Lipinski definition) is 6. The average Bonchev–Trinajstić information content (AvgIpc) is 3.09. The summed E-state index contributed by atoms with van der Waals surface area (Å²) in [6.07, 6.45) is 3.34. The highest BCUT2D eigenvalue weighted by Crippen LogP contribution is 2.50. The Kier molecular flexibility index (Phi) is 8.96. The van der Waals surface area contributed by atoms with E-state index >= 15 is 0 Å². The minimum Gasteiger partial charge on any atom is -0.490 e. The molecule has 1 N–H and O–H groups in total. The molecule has 0 radical (unpaired) electrons. The summed E-state index contributed by atoms with van der Waals surface area (Å²) in [4.78, 5) is 44.6. The predicted molar refractivity (Wildman–Crippen MR) is 195 cm³/mol. The quantitative estimate of drug-likeness (QED) is 0.113. The number of halogens is 1.